The van der Waals surface area contributed by atoms with Crippen LogP contribution in [0.4, 0.5) is 0 Å². The summed E-state index contributed by atoms with van der Waals surface area (Å²) in [6, 6.07) is 1.76. The summed E-state index contributed by atoms with van der Waals surface area (Å²) >= 11 is 0. The van der Waals surface area contributed by atoms with Gasteiger partial charge in [-0.05, 0) is 6.42 Å². The molecule has 1 fully saturated rings. The number of hydrogen-bond donors (Lipinski definition) is 1. The maximum Gasteiger partial charge on any atom is 0.276 e. The van der Waals surface area contributed by atoms with Crippen LogP contribution in [0.25, 0.3) is 0 Å². The predicted molar refractivity (Wildman–Crippen MR) is 59.3 cm³/mol. The second-order valence-corrected chi connectivity index (χ2v) is 3.97. The molecule has 0 spiro atoms. The standard InChI is InChI=1S/C11H17N3O2/c1-2-3-9-8-10(13-16-9)11(15)14-6-4-12-5-7-14/h8,12H,2-7H2,1H3. The van der Waals surface area contributed by atoms with Crippen LogP contribution in [-0.2, 0) is 6.42 Å². The number of piperazine rings is 1. The topological polar surface area (TPSA) is 58.4 Å². The second-order valence-electron chi connectivity index (χ2n) is 3.97. The van der Waals surface area contributed by atoms with Crippen LogP contribution in [0.15, 0.2) is 10.6 Å². The molecule has 5 heteroatoms. The van der Waals surface area contributed by atoms with Gasteiger partial charge in [0.25, 0.3) is 5.91 Å². The summed E-state index contributed by atoms with van der Waals surface area (Å²) in [5.41, 5.74) is 0.436. The average molecular weight is 223 g/mol. The van der Waals surface area contributed by atoms with Crippen molar-refractivity contribution >= 4 is 5.91 Å². The summed E-state index contributed by atoms with van der Waals surface area (Å²) in [7, 11) is 0. The molecule has 1 N–H and O–H groups in total. The zero-order valence-electron chi connectivity index (χ0n) is 9.53. The van der Waals surface area contributed by atoms with E-state index < -0.39 is 0 Å². The van der Waals surface area contributed by atoms with Crippen LogP contribution in [0.5, 0.6) is 0 Å². The lowest BCUT2D eigenvalue weighted by atomic mass is 10.2. The Labute approximate surface area is 94.8 Å². The molecule has 1 saturated heterocycles. The van der Waals surface area contributed by atoms with E-state index in [1.165, 1.54) is 0 Å². The zero-order chi connectivity index (χ0) is 11.4. The van der Waals surface area contributed by atoms with Gasteiger partial charge < -0.3 is 14.7 Å². The van der Waals surface area contributed by atoms with Crippen molar-refractivity contribution in [1.29, 1.82) is 0 Å². The van der Waals surface area contributed by atoms with Gasteiger partial charge in [-0.1, -0.05) is 12.1 Å². The molecule has 1 amide bonds. The summed E-state index contributed by atoms with van der Waals surface area (Å²) in [5, 5.41) is 7.03. The van der Waals surface area contributed by atoms with Crippen LogP contribution in [0, 0.1) is 0 Å². The van der Waals surface area contributed by atoms with Crippen molar-refractivity contribution in [2.45, 2.75) is 19.8 Å². The highest BCUT2D eigenvalue weighted by Crippen LogP contribution is 2.09. The highest BCUT2D eigenvalue weighted by atomic mass is 16.5. The number of nitrogens with zero attached hydrogens (tertiary/aromatic N) is 2. The average Bonchev–Trinajstić information content (AvgIpc) is 2.78. The molecule has 1 aromatic rings. The van der Waals surface area contributed by atoms with Crippen LogP contribution < -0.4 is 5.32 Å². The third kappa shape index (κ3) is 2.41. The van der Waals surface area contributed by atoms with Crippen molar-refractivity contribution in [1.82, 2.24) is 15.4 Å². The van der Waals surface area contributed by atoms with E-state index in [0.29, 0.717) is 5.69 Å². The van der Waals surface area contributed by atoms with Gasteiger partial charge >= 0.3 is 0 Å². The smallest absolute Gasteiger partial charge is 0.276 e. The van der Waals surface area contributed by atoms with Crippen molar-refractivity contribution in [2.24, 2.45) is 0 Å². The molecule has 0 unspecified atom stereocenters. The van der Waals surface area contributed by atoms with E-state index in [0.717, 1.165) is 44.8 Å². The Hall–Kier alpha value is -1.36. The van der Waals surface area contributed by atoms with E-state index in [4.69, 9.17) is 4.52 Å². The molecule has 0 radical (unpaired) electrons. The molecule has 0 bridgehead atoms. The fourth-order valence-corrected chi connectivity index (χ4v) is 1.81. The number of rotatable bonds is 3. The quantitative estimate of drug-likeness (QED) is 0.818. The van der Waals surface area contributed by atoms with E-state index in [1.54, 1.807) is 6.07 Å². The van der Waals surface area contributed by atoms with Gasteiger partial charge in [-0.15, -0.1) is 0 Å². The minimum absolute atomic E-state index is 0.0207. The maximum atomic E-state index is 12.0. The number of carbonyl (C=O) groups excluding carboxylic acids is 1. The number of carbonyl (C=O) groups is 1. The first-order chi connectivity index (χ1) is 7.81. The third-order valence-corrected chi connectivity index (χ3v) is 2.68. The fourth-order valence-electron chi connectivity index (χ4n) is 1.81. The first-order valence-corrected chi connectivity index (χ1v) is 5.77. The van der Waals surface area contributed by atoms with Crippen molar-refractivity contribution in [3.05, 3.63) is 17.5 Å². The number of aromatic nitrogens is 1. The van der Waals surface area contributed by atoms with Crippen molar-refractivity contribution in [2.75, 3.05) is 26.2 Å². The van der Waals surface area contributed by atoms with Gasteiger partial charge in [0.15, 0.2) is 5.69 Å². The Morgan fingerprint density at radius 1 is 1.56 bits per heavy atom. The van der Waals surface area contributed by atoms with Gasteiger partial charge in [-0.2, -0.15) is 0 Å². The molecule has 1 aliphatic heterocycles. The molecule has 0 atom stereocenters. The van der Waals surface area contributed by atoms with Crippen LogP contribution in [0.3, 0.4) is 0 Å². The first kappa shape index (κ1) is 11.1. The van der Waals surface area contributed by atoms with Crippen LogP contribution in [0.2, 0.25) is 0 Å². The normalized spacial score (nSPS) is 16.4. The highest BCUT2D eigenvalue weighted by molar-refractivity contribution is 5.92. The minimum atomic E-state index is -0.0207. The number of nitrogens with one attached hydrogen (secondary N) is 1. The summed E-state index contributed by atoms with van der Waals surface area (Å²) < 4.78 is 5.10. The molecule has 88 valence electrons. The summed E-state index contributed by atoms with van der Waals surface area (Å²) in [6.45, 7) is 5.26. The number of amides is 1. The molecule has 16 heavy (non-hydrogen) atoms. The molecule has 2 rings (SSSR count). The Kier molecular flexibility index (Phi) is 3.56. The third-order valence-electron chi connectivity index (χ3n) is 2.68. The van der Waals surface area contributed by atoms with Crippen LogP contribution in [0.1, 0.15) is 29.6 Å². The lowest BCUT2D eigenvalue weighted by Crippen LogP contribution is -2.46. The SMILES string of the molecule is CCCc1cc(C(=O)N2CCNCC2)no1. The largest absolute Gasteiger partial charge is 0.361 e. The fraction of sp³-hybridized carbons (Fsp3) is 0.636. The van der Waals surface area contributed by atoms with Crippen LogP contribution in [-0.4, -0.2) is 42.1 Å². The molecule has 2 heterocycles. The summed E-state index contributed by atoms with van der Waals surface area (Å²) in [5.74, 6) is 0.772. The van der Waals surface area contributed by atoms with Crippen LogP contribution >= 0.6 is 0 Å². The predicted octanol–water partition coefficient (Wildman–Crippen LogP) is 0.672. The Morgan fingerprint density at radius 3 is 3.00 bits per heavy atom. The molecule has 0 aromatic carbocycles. The van der Waals surface area contributed by atoms with Gasteiger partial charge in [-0.3, -0.25) is 4.79 Å². The van der Waals surface area contributed by atoms with E-state index in [-0.39, 0.29) is 5.91 Å². The molecule has 0 aliphatic carbocycles. The Balaban J connectivity index is 2.01. The van der Waals surface area contributed by atoms with Crippen molar-refractivity contribution in [3.8, 4) is 0 Å². The summed E-state index contributed by atoms with van der Waals surface area (Å²) in [6.07, 6.45) is 1.83. The Morgan fingerprint density at radius 2 is 2.31 bits per heavy atom. The lowest BCUT2D eigenvalue weighted by Gasteiger charge is -2.26. The highest BCUT2D eigenvalue weighted by Gasteiger charge is 2.20. The summed E-state index contributed by atoms with van der Waals surface area (Å²) in [4.78, 5) is 13.8. The van der Waals surface area contributed by atoms with E-state index in [1.807, 2.05) is 4.90 Å². The van der Waals surface area contributed by atoms with Crippen molar-refractivity contribution < 1.29 is 9.32 Å². The molecule has 0 saturated carbocycles. The second kappa shape index (κ2) is 5.12. The first-order valence-electron chi connectivity index (χ1n) is 5.77. The molecular weight excluding hydrogens is 206 g/mol. The van der Waals surface area contributed by atoms with E-state index >= 15 is 0 Å². The molecule has 1 aromatic heterocycles. The number of hydrogen-bond acceptors (Lipinski definition) is 4. The Bertz CT molecular complexity index is 356. The van der Waals surface area contributed by atoms with Crippen molar-refractivity contribution in [3.63, 3.8) is 0 Å². The molecule has 1 aliphatic rings. The zero-order valence-corrected chi connectivity index (χ0v) is 9.53. The van der Waals surface area contributed by atoms with Gasteiger partial charge in [-0.25, -0.2) is 0 Å². The number of aryl methyl sites for hydroxylation is 1. The maximum absolute atomic E-state index is 12.0. The van der Waals surface area contributed by atoms with Gasteiger partial charge in [0.1, 0.15) is 5.76 Å². The van der Waals surface area contributed by atoms with Gasteiger partial charge in [0.2, 0.25) is 0 Å². The molecule has 5 nitrogen and oxygen atoms in total. The monoisotopic (exact) mass is 223 g/mol. The minimum Gasteiger partial charge on any atom is -0.361 e. The van der Waals surface area contributed by atoms with Gasteiger partial charge in [0.05, 0.1) is 0 Å². The van der Waals surface area contributed by atoms with E-state index in [9.17, 15) is 4.79 Å². The van der Waals surface area contributed by atoms with E-state index in [2.05, 4.69) is 17.4 Å². The lowest BCUT2D eigenvalue weighted by molar-refractivity contribution is 0.0725. The molecular formula is C11H17N3O2. The van der Waals surface area contributed by atoms with Gasteiger partial charge in [0, 0.05) is 38.7 Å².